The highest BCUT2D eigenvalue weighted by molar-refractivity contribution is 6.31. The van der Waals surface area contributed by atoms with Gasteiger partial charge in [-0.15, -0.1) is 0 Å². The van der Waals surface area contributed by atoms with Crippen LogP contribution in [0.5, 0.6) is 11.5 Å². The van der Waals surface area contributed by atoms with Crippen LogP contribution in [0.4, 0.5) is 0 Å². The molecule has 0 saturated heterocycles. The average Bonchev–Trinajstić information content (AvgIpc) is 2.48. The minimum atomic E-state index is 0.610. The number of hydrogen-bond donors (Lipinski definition) is 2. The molecule has 0 spiro atoms. The molecule has 4 nitrogen and oxygen atoms in total. The van der Waals surface area contributed by atoms with Crippen LogP contribution in [0.15, 0.2) is 12.1 Å². The molecule has 0 aromatic heterocycles. The Labute approximate surface area is 133 Å². The summed E-state index contributed by atoms with van der Waals surface area (Å²) in [5.74, 6) is 1.49. The summed E-state index contributed by atoms with van der Waals surface area (Å²) in [7, 11) is 1.96. The van der Waals surface area contributed by atoms with Crippen molar-refractivity contribution in [2.24, 2.45) is 0 Å². The molecule has 0 aliphatic rings. The van der Waals surface area contributed by atoms with Crippen LogP contribution in [-0.2, 0) is 6.54 Å². The van der Waals surface area contributed by atoms with Crippen LogP contribution in [0.3, 0.4) is 0 Å². The van der Waals surface area contributed by atoms with Gasteiger partial charge in [-0.3, -0.25) is 0 Å². The van der Waals surface area contributed by atoms with Crippen LogP contribution < -0.4 is 20.1 Å². The summed E-state index contributed by atoms with van der Waals surface area (Å²) in [4.78, 5) is 0. The van der Waals surface area contributed by atoms with Crippen LogP contribution in [-0.4, -0.2) is 33.4 Å². The molecular weight excluding hydrogens is 288 g/mol. The maximum Gasteiger partial charge on any atom is 0.162 e. The van der Waals surface area contributed by atoms with Crippen LogP contribution in [0.25, 0.3) is 0 Å². The van der Waals surface area contributed by atoms with Gasteiger partial charge in [-0.05, 0) is 51.5 Å². The Morgan fingerprint density at radius 1 is 1.10 bits per heavy atom. The van der Waals surface area contributed by atoms with E-state index >= 15 is 0 Å². The summed E-state index contributed by atoms with van der Waals surface area (Å²) in [5, 5.41) is 7.23. The van der Waals surface area contributed by atoms with Crippen molar-refractivity contribution >= 4 is 11.6 Å². The first-order chi connectivity index (χ1) is 10.2. The molecule has 0 atom stereocenters. The van der Waals surface area contributed by atoms with Crippen molar-refractivity contribution in [3.05, 3.63) is 22.7 Å². The fourth-order valence-corrected chi connectivity index (χ4v) is 2.14. The van der Waals surface area contributed by atoms with Gasteiger partial charge in [0.25, 0.3) is 0 Å². The van der Waals surface area contributed by atoms with Crippen molar-refractivity contribution in [3.63, 3.8) is 0 Å². The average molecular weight is 315 g/mol. The zero-order valence-electron chi connectivity index (χ0n) is 13.3. The molecule has 1 aromatic carbocycles. The molecule has 0 aliphatic carbocycles. The molecule has 0 saturated carbocycles. The lowest BCUT2D eigenvalue weighted by molar-refractivity contribution is 0.276. The zero-order chi connectivity index (χ0) is 15.5. The second-order valence-electron chi connectivity index (χ2n) is 4.81. The largest absolute Gasteiger partial charge is 0.490 e. The van der Waals surface area contributed by atoms with Gasteiger partial charge >= 0.3 is 0 Å². The fraction of sp³-hybridized carbons (Fsp3) is 0.625. The Balaban J connectivity index is 2.68. The topological polar surface area (TPSA) is 42.5 Å². The number of benzene rings is 1. The van der Waals surface area contributed by atoms with E-state index in [1.807, 2.05) is 26.1 Å². The Bertz CT molecular complexity index is 414. The molecule has 0 aliphatic heterocycles. The van der Waals surface area contributed by atoms with Gasteiger partial charge in [-0.2, -0.15) is 0 Å². The van der Waals surface area contributed by atoms with Crippen molar-refractivity contribution in [2.45, 2.75) is 33.2 Å². The second-order valence-corrected chi connectivity index (χ2v) is 5.21. The predicted molar refractivity (Wildman–Crippen MR) is 88.7 cm³/mol. The minimum Gasteiger partial charge on any atom is -0.490 e. The maximum atomic E-state index is 6.33. The summed E-state index contributed by atoms with van der Waals surface area (Å²) in [6.07, 6.45) is 2.04. The molecule has 1 aromatic rings. The van der Waals surface area contributed by atoms with Gasteiger partial charge in [-0.25, -0.2) is 0 Å². The molecule has 5 heteroatoms. The molecular formula is C16H27ClN2O2. The van der Waals surface area contributed by atoms with Gasteiger partial charge in [0, 0.05) is 17.6 Å². The van der Waals surface area contributed by atoms with E-state index in [2.05, 4.69) is 17.6 Å². The van der Waals surface area contributed by atoms with E-state index < -0.39 is 0 Å². The summed E-state index contributed by atoms with van der Waals surface area (Å²) >= 11 is 6.33. The first-order valence-electron chi connectivity index (χ1n) is 7.66. The molecule has 21 heavy (non-hydrogen) atoms. The molecule has 0 bridgehead atoms. The molecule has 0 amide bonds. The summed E-state index contributed by atoms with van der Waals surface area (Å²) in [6, 6.07) is 3.83. The maximum absolute atomic E-state index is 6.33. The van der Waals surface area contributed by atoms with Crippen molar-refractivity contribution < 1.29 is 9.47 Å². The van der Waals surface area contributed by atoms with Gasteiger partial charge < -0.3 is 20.1 Å². The third-order valence-electron chi connectivity index (χ3n) is 2.97. The highest BCUT2D eigenvalue weighted by atomic mass is 35.5. The molecule has 0 radical (unpaired) electrons. The van der Waals surface area contributed by atoms with Gasteiger partial charge in [0.15, 0.2) is 11.5 Å². The number of nitrogens with one attached hydrogen (secondary N) is 2. The highest BCUT2D eigenvalue weighted by Gasteiger charge is 2.10. The van der Waals surface area contributed by atoms with Gasteiger partial charge in [0.2, 0.25) is 0 Å². The summed E-state index contributed by atoms with van der Waals surface area (Å²) < 4.78 is 11.3. The Morgan fingerprint density at radius 2 is 1.86 bits per heavy atom. The van der Waals surface area contributed by atoms with Crippen LogP contribution in [0.1, 0.15) is 32.3 Å². The number of halogens is 1. The Kier molecular flexibility index (Phi) is 9.22. The quantitative estimate of drug-likeness (QED) is 0.615. The lowest BCUT2D eigenvalue weighted by Gasteiger charge is -2.15. The van der Waals surface area contributed by atoms with Crippen molar-refractivity contribution in [1.29, 1.82) is 0 Å². The minimum absolute atomic E-state index is 0.610. The van der Waals surface area contributed by atoms with Gasteiger partial charge in [0.05, 0.1) is 13.2 Å². The first-order valence-corrected chi connectivity index (χ1v) is 8.04. The molecule has 0 fully saturated rings. The van der Waals surface area contributed by atoms with Crippen molar-refractivity contribution in [2.75, 3.05) is 33.4 Å². The van der Waals surface area contributed by atoms with Gasteiger partial charge in [-0.1, -0.05) is 18.5 Å². The molecule has 2 N–H and O–H groups in total. The third kappa shape index (κ3) is 6.55. The lowest BCUT2D eigenvalue weighted by atomic mass is 10.2. The van der Waals surface area contributed by atoms with Crippen LogP contribution >= 0.6 is 11.6 Å². The third-order valence-corrected chi connectivity index (χ3v) is 3.32. The monoisotopic (exact) mass is 314 g/mol. The Morgan fingerprint density at radius 3 is 2.52 bits per heavy atom. The lowest BCUT2D eigenvalue weighted by Crippen LogP contribution is -2.19. The smallest absolute Gasteiger partial charge is 0.162 e. The number of rotatable bonds is 11. The predicted octanol–water partition coefficient (Wildman–Crippen LogP) is 3.23. The summed E-state index contributed by atoms with van der Waals surface area (Å²) in [5.41, 5.74) is 1.04. The molecule has 1 rings (SSSR count). The van der Waals surface area contributed by atoms with Gasteiger partial charge in [0.1, 0.15) is 0 Å². The van der Waals surface area contributed by atoms with Crippen molar-refractivity contribution in [1.82, 2.24) is 10.6 Å². The zero-order valence-corrected chi connectivity index (χ0v) is 14.1. The highest BCUT2D eigenvalue weighted by Crippen LogP contribution is 2.33. The SMILES string of the molecule is CCCOc1cc(Cl)c(CNCCCNC)cc1OCC. The van der Waals surface area contributed by atoms with Crippen LogP contribution in [0, 0.1) is 0 Å². The van der Waals surface area contributed by atoms with E-state index in [-0.39, 0.29) is 0 Å². The molecule has 120 valence electrons. The van der Waals surface area contributed by atoms with Crippen LogP contribution in [0.2, 0.25) is 5.02 Å². The number of ether oxygens (including phenoxy) is 2. The Hall–Kier alpha value is -0.970. The molecule has 0 heterocycles. The van der Waals surface area contributed by atoms with E-state index in [0.29, 0.717) is 18.2 Å². The van der Waals surface area contributed by atoms with E-state index in [4.69, 9.17) is 21.1 Å². The molecule has 0 unspecified atom stereocenters. The van der Waals surface area contributed by atoms with E-state index in [0.717, 1.165) is 49.5 Å². The van der Waals surface area contributed by atoms with E-state index in [1.54, 1.807) is 0 Å². The standard InChI is InChI=1S/C16H27ClN2O2/c1-4-9-21-16-11-14(17)13(10-15(16)20-5-2)12-19-8-6-7-18-3/h10-11,18-19H,4-9,12H2,1-3H3. The van der Waals surface area contributed by atoms with E-state index in [1.165, 1.54) is 0 Å². The van der Waals surface area contributed by atoms with E-state index in [9.17, 15) is 0 Å². The normalized spacial score (nSPS) is 10.7. The first kappa shape index (κ1) is 18.1. The number of hydrogen-bond acceptors (Lipinski definition) is 4. The van der Waals surface area contributed by atoms with Crippen molar-refractivity contribution in [3.8, 4) is 11.5 Å². The summed E-state index contributed by atoms with van der Waals surface area (Å²) in [6.45, 7) is 8.01. The second kappa shape index (κ2) is 10.7. The fourth-order valence-electron chi connectivity index (χ4n) is 1.92.